The fourth-order valence-corrected chi connectivity index (χ4v) is 3.63. The van der Waals surface area contributed by atoms with Gasteiger partial charge < -0.3 is 24.8 Å². The van der Waals surface area contributed by atoms with Gasteiger partial charge in [0.1, 0.15) is 12.2 Å². The summed E-state index contributed by atoms with van der Waals surface area (Å²) in [6, 6.07) is 0.377. The molecule has 9 heteroatoms. The third kappa shape index (κ3) is 9.91. The molecule has 1 aliphatic heterocycles. The van der Waals surface area contributed by atoms with E-state index in [9.17, 15) is 0 Å². The van der Waals surface area contributed by atoms with Crippen LogP contribution in [0, 0.1) is 0 Å². The average Bonchev–Trinajstić information content (AvgIpc) is 3.41. The van der Waals surface area contributed by atoms with Crippen molar-refractivity contribution in [2.75, 3.05) is 39.3 Å². The molecule has 0 aliphatic carbocycles. The van der Waals surface area contributed by atoms with Crippen LogP contribution in [0.25, 0.3) is 0 Å². The van der Waals surface area contributed by atoms with Crippen LogP contribution < -0.4 is 10.6 Å². The number of hydrogen-bond donors (Lipinski definition) is 2. The lowest BCUT2D eigenvalue weighted by molar-refractivity contribution is 0.117. The molecule has 0 amide bonds. The van der Waals surface area contributed by atoms with Gasteiger partial charge in [0, 0.05) is 32.2 Å². The van der Waals surface area contributed by atoms with E-state index in [-0.39, 0.29) is 30.1 Å². The van der Waals surface area contributed by atoms with Crippen molar-refractivity contribution in [3.8, 4) is 0 Å². The van der Waals surface area contributed by atoms with E-state index in [0.717, 1.165) is 76.8 Å². The first-order valence-corrected chi connectivity index (χ1v) is 11.4. The maximum absolute atomic E-state index is 5.73. The minimum Gasteiger partial charge on any atom is -0.376 e. The molecule has 2 heterocycles. The fourth-order valence-electron chi connectivity index (χ4n) is 3.63. The highest BCUT2D eigenvalue weighted by atomic mass is 127. The lowest BCUT2D eigenvalue weighted by Crippen LogP contribution is -2.44. The van der Waals surface area contributed by atoms with Crippen LogP contribution in [-0.4, -0.2) is 77.1 Å². The van der Waals surface area contributed by atoms with Gasteiger partial charge in [0.05, 0.1) is 12.6 Å². The molecule has 1 aliphatic rings. The molecule has 0 spiro atoms. The number of halogens is 1. The molecular weight excluding hydrogens is 493 g/mol. The Kier molecular flexibility index (Phi) is 14.3. The number of guanidine groups is 1. The zero-order valence-electron chi connectivity index (χ0n) is 19.3. The van der Waals surface area contributed by atoms with Crippen molar-refractivity contribution in [2.45, 2.75) is 78.5 Å². The highest BCUT2D eigenvalue weighted by molar-refractivity contribution is 14.0. The molecule has 1 fully saturated rings. The van der Waals surface area contributed by atoms with Gasteiger partial charge in [-0.25, -0.2) is 0 Å². The van der Waals surface area contributed by atoms with Crippen LogP contribution in [0.15, 0.2) is 11.3 Å². The molecule has 2 atom stereocenters. The van der Waals surface area contributed by atoms with Gasteiger partial charge in [0.25, 0.3) is 0 Å². The van der Waals surface area contributed by atoms with Crippen molar-refractivity contribution >= 4 is 29.9 Å². The summed E-state index contributed by atoms with van der Waals surface area (Å²) in [5, 5.41) is 15.2. The molecule has 2 rings (SSSR count). The van der Waals surface area contributed by atoms with E-state index in [2.05, 4.69) is 58.0 Å². The fraction of sp³-hybridized carbons (Fsp3) is 0.857. The van der Waals surface area contributed by atoms with Gasteiger partial charge in [-0.05, 0) is 52.2 Å². The third-order valence-electron chi connectivity index (χ3n) is 5.52. The molecule has 1 aromatic heterocycles. The van der Waals surface area contributed by atoms with Crippen molar-refractivity contribution < 1.29 is 4.74 Å². The van der Waals surface area contributed by atoms with E-state index < -0.39 is 0 Å². The Balaban J connectivity index is 0.00000450. The van der Waals surface area contributed by atoms with Gasteiger partial charge in [-0.1, -0.05) is 20.8 Å². The minimum atomic E-state index is 0. The minimum absolute atomic E-state index is 0. The topological polar surface area (TPSA) is 79.6 Å². The number of nitrogens with one attached hydrogen (secondary N) is 2. The third-order valence-corrected chi connectivity index (χ3v) is 5.52. The number of aromatic nitrogens is 3. The van der Waals surface area contributed by atoms with Gasteiger partial charge in [-0.3, -0.25) is 4.99 Å². The van der Waals surface area contributed by atoms with Crippen molar-refractivity contribution in [1.82, 2.24) is 30.3 Å². The number of aliphatic imine (C=N–C) groups is 1. The molecule has 0 bridgehead atoms. The summed E-state index contributed by atoms with van der Waals surface area (Å²) in [7, 11) is 0. The standard InChI is InChI=1S/C21H41N7O.HI/c1-5-20-26-24-17-28(20)14-12-22-21(23-16-19-11-9-15-29-19)25-18(4)10-8-13-27(6-2)7-3;/h17-19H,5-16H2,1-4H3,(H2,22,23,25);1H. The summed E-state index contributed by atoms with van der Waals surface area (Å²) in [5.74, 6) is 1.89. The largest absolute Gasteiger partial charge is 0.376 e. The highest BCUT2D eigenvalue weighted by Gasteiger charge is 2.15. The number of rotatable bonds is 13. The zero-order valence-corrected chi connectivity index (χ0v) is 21.6. The van der Waals surface area contributed by atoms with Crippen LogP contribution in [0.2, 0.25) is 0 Å². The molecule has 30 heavy (non-hydrogen) atoms. The van der Waals surface area contributed by atoms with Crippen molar-refractivity contribution in [1.29, 1.82) is 0 Å². The van der Waals surface area contributed by atoms with Gasteiger partial charge in [-0.2, -0.15) is 0 Å². The summed E-state index contributed by atoms with van der Waals surface area (Å²) < 4.78 is 7.82. The lowest BCUT2D eigenvalue weighted by atomic mass is 10.2. The average molecular weight is 536 g/mol. The Morgan fingerprint density at radius 3 is 2.83 bits per heavy atom. The maximum Gasteiger partial charge on any atom is 0.191 e. The second-order valence-corrected chi connectivity index (χ2v) is 7.76. The number of aryl methyl sites for hydroxylation is 1. The summed E-state index contributed by atoms with van der Waals surface area (Å²) in [4.78, 5) is 7.28. The Morgan fingerprint density at radius 1 is 1.37 bits per heavy atom. The van der Waals surface area contributed by atoms with E-state index in [1.165, 1.54) is 6.42 Å². The quantitative estimate of drug-likeness (QED) is 0.230. The second kappa shape index (κ2) is 15.8. The Hall–Kier alpha value is -0.940. The molecule has 1 aromatic rings. The van der Waals surface area contributed by atoms with Crippen LogP contribution in [0.5, 0.6) is 0 Å². The number of ether oxygens (including phenoxy) is 1. The van der Waals surface area contributed by atoms with Gasteiger partial charge >= 0.3 is 0 Å². The van der Waals surface area contributed by atoms with Gasteiger partial charge in [-0.15, -0.1) is 34.2 Å². The van der Waals surface area contributed by atoms with E-state index in [1.807, 2.05) is 0 Å². The summed E-state index contributed by atoms with van der Waals surface area (Å²) in [5.41, 5.74) is 0. The molecule has 1 saturated heterocycles. The van der Waals surface area contributed by atoms with Gasteiger partial charge in [0.2, 0.25) is 0 Å². The van der Waals surface area contributed by atoms with E-state index in [1.54, 1.807) is 6.33 Å². The predicted octanol–water partition coefficient (Wildman–Crippen LogP) is 2.68. The molecule has 0 radical (unpaired) electrons. The Bertz CT molecular complexity index is 586. The van der Waals surface area contributed by atoms with Crippen LogP contribution in [0.1, 0.15) is 59.2 Å². The van der Waals surface area contributed by atoms with Gasteiger partial charge in [0.15, 0.2) is 5.96 Å². The summed E-state index contributed by atoms with van der Waals surface area (Å²) >= 11 is 0. The Morgan fingerprint density at radius 2 is 2.17 bits per heavy atom. The SMILES string of the molecule is CCc1nncn1CCNC(=NCC1CCCO1)NC(C)CCCN(CC)CC.I. The van der Waals surface area contributed by atoms with Crippen LogP contribution >= 0.6 is 24.0 Å². The summed E-state index contributed by atoms with van der Waals surface area (Å²) in [6.07, 6.45) is 7.52. The molecule has 174 valence electrons. The summed E-state index contributed by atoms with van der Waals surface area (Å²) in [6.45, 7) is 15.4. The maximum atomic E-state index is 5.73. The molecule has 2 N–H and O–H groups in total. The van der Waals surface area contributed by atoms with Crippen molar-refractivity contribution in [3.05, 3.63) is 12.2 Å². The van der Waals surface area contributed by atoms with Crippen LogP contribution in [-0.2, 0) is 17.7 Å². The number of nitrogens with zero attached hydrogens (tertiary/aromatic N) is 5. The smallest absolute Gasteiger partial charge is 0.191 e. The molecular formula is C21H42IN7O. The van der Waals surface area contributed by atoms with E-state index in [0.29, 0.717) is 12.6 Å². The van der Waals surface area contributed by atoms with Crippen molar-refractivity contribution in [2.24, 2.45) is 4.99 Å². The zero-order chi connectivity index (χ0) is 20.9. The molecule has 2 unspecified atom stereocenters. The first-order valence-electron chi connectivity index (χ1n) is 11.4. The molecule has 8 nitrogen and oxygen atoms in total. The van der Waals surface area contributed by atoms with Crippen molar-refractivity contribution in [3.63, 3.8) is 0 Å². The second-order valence-electron chi connectivity index (χ2n) is 7.76. The number of hydrogen-bond acceptors (Lipinski definition) is 5. The first-order chi connectivity index (χ1) is 14.2. The Labute approximate surface area is 199 Å². The van der Waals surface area contributed by atoms with E-state index >= 15 is 0 Å². The lowest BCUT2D eigenvalue weighted by Gasteiger charge is -2.21. The van der Waals surface area contributed by atoms with E-state index in [4.69, 9.17) is 9.73 Å². The van der Waals surface area contributed by atoms with Crippen LogP contribution in [0.3, 0.4) is 0 Å². The monoisotopic (exact) mass is 535 g/mol. The molecule has 0 aromatic carbocycles. The normalized spacial score (nSPS) is 17.8. The predicted molar refractivity (Wildman–Crippen MR) is 134 cm³/mol. The molecule has 0 saturated carbocycles. The highest BCUT2D eigenvalue weighted by Crippen LogP contribution is 2.11. The van der Waals surface area contributed by atoms with Crippen LogP contribution in [0.4, 0.5) is 0 Å². The first kappa shape index (κ1) is 27.1.